The summed E-state index contributed by atoms with van der Waals surface area (Å²) in [7, 11) is 0. The maximum Gasteiger partial charge on any atom is 0.416 e. The number of benzene rings is 1. The van der Waals surface area contributed by atoms with Gasteiger partial charge in [0.05, 0.1) is 52.7 Å². The largest absolute Gasteiger partial charge is 0.489 e. The van der Waals surface area contributed by atoms with E-state index in [-0.39, 0.29) is 34.7 Å². The zero-order valence-electron chi connectivity index (χ0n) is 19.8. The highest BCUT2D eigenvalue weighted by molar-refractivity contribution is 6.33. The van der Waals surface area contributed by atoms with Crippen LogP contribution in [0.25, 0.3) is 11.3 Å². The number of pyridine rings is 2. The van der Waals surface area contributed by atoms with Crippen molar-refractivity contribution in [2.75, 3.05) is 41.4 Å². The van der Waals surface area contributed by atoms with Gasteiger partial charge in [0.2, 0.25) is 0 Å². The minimum atomic E-state index is -4.53. The predicted octanol–water partition coefficient (Wildman–Crippen LogP) is 4.18. The number of halogens is 4. The number of carbonyl (C=O) groups excluding carboxylic acids is 1. The molecule has 200 valence electrons. The second-order valence-electron chi connectivity index (χ2n) is 8.99. The third-order valence-electron chi connectivity index (χ3n) is 6.33. The lowest BCUT2D eigenvalue weighted by atomic mass is 10.1. The highest BCUT2D eigenvalue weighted by atomic mass is 35.5. The molecule has 13 heteroatoms. The van der Waals surface area contributed by atoms with E-state index in [1.807, 2.05) is 4.90 Å². The van der Waals surface area contributed by atoms with Gasteiger partial charge >= 0.3 is 12.2 Å². The molecule has 0 radical (unpaired) electrons. The number of carbonyl (C=O) groups is 1. The van der Waals surface area contributed by atoms with Crippen LogP contribution < -0.4 is 19.9 Å². The molecular formula is C25H23ClF3N5O4. The van der Waals surface area contributed by atoms with Crippen molar-refractivity contribution in [2.24, 2.45) is 0 Å². The molecular weight excluding hydrogens is 527 g/mol. The second-order valence-corrected chi connectivity index (χ2v) is 9.39. The molecule has 2 aliphatic heterocycles. The first-order chi connectivity index (χ1) is 18.1. The number of alkyl halides is 3. The van der Waals surface area contributed by atoms with Crippen molar-refractivity contribution in [3.8, 4) is 17.0 Å². The Balaban J connectivity index is 1.46. The van der Waals surface area contributed by atoms with Crippen LogP contribution in [0.5, 0.6) is 5.75 Å². The van der Waals surface area contributed by atoms with Crippen molar-refractivity contribution >= 4 is 34.8 Å². The lowest BCUT2D eigenvalue weighted by Gasteiger charge is -2.36. The summed E-state index contributed by atoms with van der Waals surface area (Å²) in [6.45, 7) is 0.605. The van der Waals surface area contributed by atoms with Gasteiger partial charge in [0.25, 0.3) is 0 Å². The molecule has 38 heavy (non-hydrogen) atoms. The van der Waals surface area contributed by atoms with Crippen LogP contribution in [0.2, 0.25) is 5.02 Å². The molecule has 0 saturated carbocycles. The summed E-state index contributed by atoms with van der Waals surface area (Å²) < 4.78 is 45.3. The Kier molecular flexibility index (Phi) is 7.03. The molecule has 1 aromatic carbocycles. The summed E-state index contributed by atoms with van der Waals surface area (Å²) in [4.78, 5) is 25.7. The number of aromatic nitrogens is 2. The number of fused-ring (bicyclic) bond motifs is 4. The predicted molar refractivity (Wildman–Crippen MR) is 135 cm³/mol. The van der Waals surface area contributed by atoms with Gasteiger partial charge in [0, 0.05) is 24.7 Å². The number of urea groups is 1. The molecule has 0 aliphatic carbocycles. The monoisotopic (exact) mass is 549 g/mol. The Morgan fingerprint density at radius 3 is 2.84 bits per heavy atom. The molecule has 0 unspecified atom stereocenters. The smallest absolute Gasteiger partial charge is 0.416 e. The molecule has 0 spiro atoms. The number of nitrogens with zero attached hydrogens (tertiary/aromatic N) is 4. The highest BCUT2D eigenvalue weighted by Crippen LogP contribution is 2.43. The number of hydrogen-bond acceptors (Lipinski definition) is 7. The van der Waals surface area contributed by atoms with Crippen molar-refractivity contribution in [3.05, 3.63) is 59.4 Å². The number of aliphatic hydroxyl groups excluding tert-OH is 2. The number of ether oxygens (including phenoxy) is 1. The molecule has 3 N–H and O–H groups in total. The number of nitrogens with one attached hydrogen (secondary N) is 1. The first-order valence-electron chi connectivity index (χ1n) is 11.7. The average Bonchev–Trinajstić information content (AvgIpc) is 3.31. The first-order valence-corrected chi connectivity index (χ1v) is 12.1. The van der Waals surface area contributed by atoms with Crippen molar-refractivity contribution in [1.82, 2.24) is 9.97 Å². The van der Waals surface area contributed by atoms with Gasteiger partial charge in [0.1, 0.15) is 18.5 Å². The molecule has 2 aromatic heterocycles. The van der Waals surface area contributed by atoms with E-state index in [4.69, 9.17) is 21.4 Å². The standard InChI is InChI=1S/C25H23ClF3N5O4/c26-20-8-21-23(32-22(20)14-2-1-3-15(6-14)25(27,28)29)34(17-4-5-33(21)11-17)24(37)31-16-7-19(10-30-9-16)38-13-18(36)12-35/h1-3,6-10,17-18,35-36H,4-5,11-13H2,(H,31,37)/t17-,18-/m0/s1. The first kappa shape index (κ1) is 26.0. The zero-order valence-corrected chi connectivity index (χ0v) is 20.6. The van der Waals surface area contributed by atoms with E-state index in [9.17, 15) is 23.1 Å². The van der Waals surface area contributed by atoms with Crippen molar-refractivity contribution in [3.63, 3.8) is 0 Å². The number of hydrogen-bond donors (Lipinski definition) is 3. The topological polar surface area (TPSA) is 111 Å². The lowest BCUT2D eigenvalue weighted by Crippen LogP contribution is -2.48. The minimum absolute atomic E-state index is 0.135. The van der Waals surface area contributed by atoms with Crippen LogP contribution in [0.4, 0.5) is 35.2 Å². The molecule has 4 heterocycles. The Morgan fingerprint density at radius 1 is 1.26 bits per heavy atom. The van der Waals surface area contributed by atoms with Gasteiger partial charge in [-0.2, -0.15) is 13.2 Å². The number of anilines is 3. The fourth-order valence-corrected chi connectivity index (χ4v) is 4.78. The fraction of sp³-hybridized carbons (Fsp3) is 0.320. The number of rotatable bonds is 6. The normalized spacial score (nSPS) is 17.3. The molecule has 3 aromatic rings. The van der Waals surface area contributed by atoms with E-state index in [0.29, 0.717) is 36.7 Å². The van der Waals surface area contributed by atoms with Crippen LogP contribution >= 0.6 is 11.6 Å². The van der Waals surface area contributed by atoms with Crippen LogP contribution in [-0.4, -0.2) is 64.7 Å². The molecule has 5 rings (SSSR count). The third kappa shape index (κ3) is 5.19. The summed E-state index contributed by atoms with van der Waals surface area (Å²) in [5.74, 6) is 0.567. The second kappa shape index (κ2) is 10.3. The van der Waals surface area contributed by atoms with E-state index >= 15 is 0 Å². The summed E-state index contributed by atoms with van der Waals surface area (Å²) >= 11 is 6.49. The van der Waals surface area contributed by atoms with Gasteiger partial charge in [0.15, 0.2) is 5.82 Å². The average molecular weight is 550 g/mol. The number of amides is 2. The van der Waals surface area contributed by atoms with Gasteiger partial charge in [-0.1, -0.05) is 23.7 Å². The molecule has 2 bridgehead atoms. The van der Waals surface area contributed by atoms with Crippen LogP contribution in [0.3, 0.4) is 0 Å². The quantitative estimate of drug-likeness (QED) is 0.423. The Labute approximate surface area is 220 Å². The van der Waals surface area contributed by atoms with Crippen LogP contribution in [0.1, 0.15) is 12.0 Å². The fourth-order valence-electron chi connectivity index (χ4n) is 4.53. The van der Waals surface area contributed by atoms with Crippen molar-refractivity contribution in [1.29, 1.82) is 0 Å². The third-order valence-corrected chi connectivity index (χ3v) is 6.62. The van der Waals surface area contributed by atoms with Crippen molar-refractivity contribution in [2.45, 2.75) is 24.7 Å². The van der Waals surface area contributed by atoms with Crippen LogP contribution in [-0.2, 0) is 6.18 Å². The number of aliphatic hydroxyl groups is 2. The summed E-state index contributed by atoms with van der Waals surface area (Å²) in [6.07, 6.45) is -2.11. The zero-order chi connectivity index (χ0) is 27.0. The molecule has 2 aliphatic rings. The summed E-state index contributed by atoms with van der Waals surface area (Å²) in [6, 6.07) is 7.16. The minimum Gasteiger partial charge on any atom is -0.489 e. The van der Waals surface area contributed by atoms with E-state index in [0.717, 1.165) is 12.1 Å². The van der Waals surface area contributed by atoms with Gasteiger partial charge in [-0.15, -0.1) is 0 Å². The lowest BCUT2D eigenvalue weighted by molar-refractivity contribution is -0.137. The molecule has 1 fully saturated rings. The van der Waals surface area contributed by atoms with E-state index in [2.05, 4.69) is 15.3 Å². The van der Waals surface area contributed by atoms with Crippen molar-refractivity contribution < 1.29 is 32.9 Å². The van der Waals surface area contributed by atoms with Gasteiger partial charge in [-0.25, -0.2) is 9.78 Å². The Hall–Kier alpha value is -3.61. The molecule has 9 nitrogen and oxygen atoms in total. The van der Waals surface area contributed by atoms with Gasteiger partial charge in [-0.3, -0.25) is 9.88 Å². The van der Waals surface area contributed by atoms with E-state index < -0.39 is 30.5 Å². The van der Waals surface area contributed by atoms with E-state index in [1.165, 1.54) is 35.5 Å². The Bertz CT molecular complexity index is 1360. The van der Waals surface area contributed by atoms with Gasteiger partial charge < -0.3 is 25.2 Å². The van der Waals surface area contributed by atoms with Gasteiger partial charge in [-0.05, 0) is 24.6 Å². The summed E-state index contributed by atoms with van der Waals surface area (Å²) in [5.41, 5.74) is 0.421. The van der Waals surface area contributed by atoms with Crippen LogP contribution in [0, 0.1) is 0 Å². The SMILES string of the molecule is O=C(Nc1cncc(OC[C@@H](O)CO)c1)N1c2nc(-c3cccc(C(F)(F)F)c3)c(Cl)cc2N2CC[C@H]1C2. The molecule has 2 amide bonds. The van der Waals surface area contributed by atoms with Crippen LogP contribution in [0.15, 0.2) is 48.8 Å². The maximum atomic E-state index is 13.5. The highest BCUT2D eigenvalue weighted by Gasteiger charge is 2.41. The maximum absolute atomic E-state index is 13.5. The molecule has 1 saturated heterocycles. The Morgan fingerprint density at radius 2 is 2.08 bits per heavy atom. The molecule has 2 atom stereocenters. The van der Waals surface area contributed by atoms with E-state index in [1.54, 1.807) is 6.07 Å². The summed E-state index contributed by atoms with van der Waals surface area (Å²) in [5, 5.41) is 21.4.